The fraction of sp³-hybridized carbons (Fsp3) is 0.286. The molecule has 110 valence electrons. The van der Waals surface area contributed by atoms with Gasteiger partial charge in [-0.1, -0.05) is 6.07 Å². The maximum Gasteiger partial charge on any atom is 0.312 e. The topological polar surface area (TPSA) is 104 Å². The molecular formula is C14H16N4O3. The molecule has 0 spiro atoms. The second-order valence-corrected chi connectivity index (χ2v) is 4.88. The lowest BCUT2D eigenvalue weighted by atomic mass is 10.1. The molecule has 7 heteroatoms. The van der Waals surface area contributed by atoms with E-state index in [0.29, 0.717) is 22.8 Å². The quantitative estimate of drug-likeness (QED) is 0.687. The van der Waals surface area contributed by atoms with E-state index in [1.807, 2.05) is 6.07 Å². The van der Waals surface area contributed by atoms with Gasteiger partial charge in [0.15, 0.2) is 0 Å². The highest BCUT2D eigenvalue weighted by Crippen LogP contribution is 2.36. The van der Waals surface area contributed by atoms with E-state index in [1.165, 1.54) is 6.07 Å². The van der Waals surface area contributed by atoms with E-state index in [-0.39, 0.29) is 17.3 Å². The molecule has 0 saturated heterocycles. The van der Waals surface area contributed by atoms with Crippen LogP contribution in [-0.4, -0.2) is 14.9 Å². The molecule has 2 N–H and O–H groups in total. The van der Waals surface area contributed by atoms with Gasteiger partial charge >= 0.3 is 5.69 Å². The summed E-state index contributed by atoms with van der Waals surface area (Å²) < 4.78 is 5.68. The van der Waals surface area contributed by atoms with Crippen molar-refractivity contribution >= 4 is 11.5 Å². The first-order valence-electron chi connectivity index (χ1n) is 6.33. The first kappa shape index (κ1) is 14.7. The van der Waals surface area contributed by atoms with Crippen molar-refractivity contribution in [1.82, 2.24) is 9.97 Å². The van der Waals surface area contributed by atoms with Crippen LogP contribution in [0.1, 0.15) is 22.5 Å². The predicted octanol–water partition coefficient (Wildman–Crippen LogP) is 2.99. The summed E-state index contributed by atoms with van der Waals surface area (Å²) in [6.07, 6.45) is 0. The molecule has 0 aliphatic heterocycles. The number of nitro groups is 1. The van der Waals surface area contributed by atoms with Gasteiger partial charge in [0.25, 0.3) is 0 Å². The Labute approximate surface area is 121 Å². The molecule has 0 amide bonds. The zero-order valence-electron chi connectivity index (χ0n) is 12.3. The van der Waals surface area contributed by atoms with Crippen molar-refractivity contribution in [3.05, 3.63) is 44.8 Å². The highest BCUT2D eigenvalue weighted by atomic mass is 16.6. The van der Waals surface area contributed by atoms with Gasteiger partial charge in [0.1, 0.15) is 11.6 Å². The number of nitrogen functional groups attached to an aromatic ring is 1. The van der Waals surface area contributed by atoms with Gasteiger partial charge in [0, 0.05) is 6.07 Å². The molecule has 0 unspecified atom stereocenters. The molecule has 0 bridgehead atoms. The molecule has 1 aromatic carbocycles. The fourth-order valence-corrected chi connectivity index (χ4v) is 2.02. The minimum absolute atomic E-state index is 0.0956. The van der Waals surface area contributed by atoms with Gasteiger partial charge in [0.05, 0.1) is 10.5 Å². The van der Waals surface area contributed by atoms with Crippen LogP contribution in [0.15, 0.2) is 12.1 Å². The Balaban J connectivity index is 2.57. The number of rotatable bonds is 3. The van der Waals surface area contributed by atoms with Gasteiger partial charge < -0.3 is 10.5 Å². The Morgan fingerprint density at radius 2 is 1.86 bits per heavy atom. The van der Waals surface area contributed by atoms with E-state index < -0.39 is 4.92 Å². The number of nitro benzene ring substituents is 1. The van der Waals surface area contributed by atoms with E-state index >= 15 is 0 Å². The van der Waals surface area contributed by atoms with Crippen LogP contribution < -0.4 is 10.5 Å². The number of nitrogens with zero attached hydrogens (tertiary/aromatic N) is 3. The number of aryl methyl sites for hydroxylation is 3. The van der Waals surface area contributed by atoms with Gasteiger partial charge in [-0.25, -0.2) is 4.98 Å². The number of hydrogen-bond acceptors (Lipinski definition) is 6. The SMILES string of the molecule is Cc1cc(C)c(Oc2nc(C)nc(N)c2C)c([N+](=O)[O-])c1. The molecule has 1 heterocycles. The van der Waals surface area contributed by atoms with Crippen LogP contribution in [0.3, 0.4) is 0 Å². The number of anilines is 1. The van der Waals surface area contributed by atoms with Gasteiger partial charge in [-0.05, 0) is 38.8 Å². The summed E-state index contributed by atoms with van der Waals surface area (Å²) in [5, 5.41) is 11.2. The zero-order valence-corrected chi connectivity index (χ0v) is 12.3. The summed E-state index contributed by atoms with van der Waals surface area (Å²) in [6, 6.07) is 3.28. The molecule has 0 aliphatic rings. The molecule has 2 aromatic rings. The van der Waals surface area contributed by atoms with Crippen molar-refractivity contribution in [2.24, 2.45) is 0 Å². The largest absolute Gasteiger partial charge is 0.431 e. The van der Waals surface area contributed by atoms with E-state index in [1.54, 1.807) is 27.7 Å². The van der Waals surface area contributed by atoms with Gasteiger partial charge in [-0.3, -0.25) is 10.1 Å². The molecule has 21 heavy (non-hydrogen) atoms. The second-order valence-electron chi connectivity index (χ2n) is 4.88. The van der Waals surface area contributed by atoms with Crippen molar-refractivity contribution in [1.29, 1.82) is 0 Å². The second kappa shape index (κ2) is 5.35. The van der Waals surface area contributed by atoms with Crippen LogP contribution >= 0.6 is 0 Å². The Morgan fingerprint density at radius 1 is 1.19 bits per heavy atom. The number of nitrogens with two attached hydrogens (primary N) is 1. The summed E-state index contributed by atoms with van der Waals surface area (Å²) in [7, 11) is 0. The van der Waals surface area contributed by atoms with Gasteiger partial charge in [-0.2, -0.15) is 4.98 Å². The lowest BCUT2D eigenvalue weighted by molar-refractivity contribution is -0.385. The third kappa shape index (κ3) is 2.91. The Bertz CT molecular complexity index is 729. The highest BCUT2D eigenvalue weighted by Gasteiger charge is 2.21. The molecule has 0 saturated carbocycles. The minimum atomic E-state index is -0.470. The van der Waals surface area contributed by atoms with Crippen LogP contribution in [0.2, 0.25) is 0 Å². The van der Waals surface area contributed by atoms with E-state index in [0.717, 1.165) is 5.56 Å². The molecule has 1 aromatic heterocycles. The van der Waals surface area contributed by atoms with Crippen molar-refractivity contribution in [3.63, 3.8) is 0 Å². The van der Waals surface area contributed by atoms with Crippen LogP contribution in [0, 0.1) is 37.8 Å². The lowest BCUT2D eigenvalue weighted by Crippen LogP contribution is -2.04. The molecule has 7 nitrogen and oxygen atoms in total. The molecule has 0 fully saturated rings. The van der Waals surface area contributed by atoms with Crippen molar-refractivity contribution in [2.45, 2.75) is 27.7 Å². The van der Waals surface area contributed by atoms with E-state index in [2.05, 4.69) is 9.97 Å². The molecule has 2 rings (SSSR count). The van der Waals surface area contributed by atoms with Crippen LogP contribution in [0.25, 0.3) is 0 Å². The third-order valence-electron chi connectivity index (χ3n) is 3.05. The summed E-state index contributed by atoms with van der Waals surface area (Å²) in [4.78, 5) is 18.9. The number of aromatic nitrogens is 2. The summed E-state index contributed by atoms with van der Waals surface area (Å²) in [5.41, 5.74) is 7.68. The average Bonchev–Trinajstić information content (AvgIpc) is 2.37. The number of hydrogen-bond donors (Lipinski definition) is 1. The van der Waals surface area contributed by atoms with Gasteiger partial charge in [-0.15, -0.1) is 0 Å². The Morgan fingerprint density at radius 3 is 2.48 bits per heavy atom. The smallest absolute Gasteiger partial charge is 0.312 e. The normalized spacial score (nSPS) is 10.5. The van der Waals surface area contributed by atoms with E-state index in [9.17, 15) is 10.1 Å². The first-order chi connectivity index (χ1) is 9.79. The number of ether oxygens (including phenoxy) is 1. The van der Waals surface area contributed by atoms with E-state index in [4.69, 9.17) is 10.5 Å². The van der Waals surface area contributed by atoms with Crippen LogP contribution in [0.4, 0.5) is 11.5 Å². The number of benzene rings is 1. The zero-order chi connectivity index (χ0) is 15.7. The summed E-state index contributed by atoms with van der Waals surface area (Å²) >= 11 is 0. The molecular weight excluding hydrogens is 272 g/mol. The monoisotopic (exact) mass is 288 g/mol. The fourth-order valence-electron chi connectivity index (χ4n) is 2.02. The van der Waals surface area contributed by atoms with Crippen molar-refractivity contribution < 1.29 is 9.66 Å². The lowest BCUT2D eigenvalue weighted by Gasteiger charge is -2.12. The standard InChI is InChI=1S/C14H16N4O3/c1-7-5-8(2)12(11(6-7)18(19)20)21-14-9(3)13(15)16-10(4)17-14/h5-6H,1-4H3,(H2,15,16,17). The minimum Gasteiger partial charge on any atom is -0.431 e. The summed E-state index contributed by atoms with van der Waals surface area (Å²) in [6.45, 7) is 6.93. The van der Waals surface area contributed by atoms with Crippen LogP contribution in [-0.2, 0) is 0 Å². The van der Waals surface area contributed by atoms with Crippen molar-refractivity contribution in [2.75, 3.05) is 5.73 Å². The molecule has 0 aliphatic carbocycles. The van der Waals surface area contributed by atoms with Crippen molar-refractivity contribution in [3.8, 4) is 11.6 Å². The predicted molar refractivity (Wildman–Crippen MR) is 78.6 cm³/mol. The maximum absolute atomic E-state index is 11.2. The first-order valence-corrected chi connectivity index (χ1v) is 6.33. The van der Waals surface area contributed by atoms with Gasteiger partial charge in [0.2, 0.25) is 11.6 Å². The Kier molecular flexibility index (Phi) is 3.75. The summed E-state index contributed by atoms with van der Waals surface area (Å²) in [5.74, 6) is 1.15. The Hall–Kier alpha value is -2.70. The molecule has 0 atom stereocenters. The highest BCUT2D eigenvalue weighted by molar-refractivity contribution is 5.56. The third-order valence-corrected chi connectivity index (χ3v) is 3.05. The van der Waals surface area contributed by atoms with Crippen LogP contribution in [0.5, 0.6) is 11.6 Å². The maximum atomic E-state index is 11.2. The average molecular weight is 288 g/mol. The molecule has 0 radical (unpaired) electrons.